The lowest BCUT2D eigenvalue weighted by atomic mass is 9.98. The van der Waals surface area contributed by atoms with Crippen molar-refractivity contribution < 1.29 is 46.0 Å². The summed E-state index contributed by atoms with van der Waals surface area (Å²) < 4.78 is 84.8. The normalized spacial score (nSPS) is 23.0. The van der Waals surface area contributed by atoms with Crippen LogP contribution < -0.4 is 0 Å². The van der Waals surface area contributed by atoms with Gasteiger partial charge in [-0.2, -0.15) is 0 Å². The molecule has 3 aromatic carbocycles. The predicted octanol–water partition coefficient (Wildman–Crippen LogP) is 5.71. The molecule has 1 heterocycles. The Kier molecular flexibility index (Phi) is 10.1. The molecule has 0 spiro atoms. The summed E-state index contributed by atoms with van der Waals surface area (Å²) in [7, 11) is 1.36. The number of carbonyl (C=O) groups is 1. The number of methoxy groups -OCH3 is 1. The molecule has 0 radical (unpaired) electrons. The minimum Gasteiger partial charge on any atom is -0.453 e. The fourth-order valence-electron chi connectivity index (χ4n) is 4.12. The maximum atomic E-state index is 14.4. The van der Waals surface area contributed by atoms with Gasteiger partial charge in [-0.1, -0.05) is 46.3 Å². The SMILES string of the molecule is CO[C@H]1O[C@H](CBr)[C@@H](OC(=O)c2ccccc2)[C@H](OCc2ccc(F)cc2F)[C@H]1OCc1ccc(F)cc1F. The van der Waals surface area contributed by atoms with Crippen molar-refractivity contribution in [2.24, 2.45) is 0 Å². The highest BCUT2D eigenvalue weighted by atomic mass is 79.9. The first-order valence-electron chi connectivity index (χ1n) is 11.9. The Bertz CT molecular complexity index is 1260. The van der Waals surface area contributed by atoms with Crippen LogP contribution in [0, 0.1) is 23.3 Å². The third-order valence-electron chi connectivity index (χ3n) is 6.12. The van der Waals surface area contributed by atoms with Crippen molar-refractivity contribution in [2.45, 2.75) is 43.9 Å². The van der Waals surface area contributed by atoms with E-state index in [1.54, 1.807) is 30.3 Å². The zero-order chi connectivity index (χ0) is 27.9. The molecule has 0 saturated carbocycles. The summed E-state index contributed by atoms with van der Waals surface area (Å²) in [6.07, 6.45) is -5.15. The number of esters is 1. The van der Waals surface area contributed by atoms with E-state index in [4.69, 9.17) is 23.7 Å². The smallest absolute Gasteiger partial charge is 0.338 e. The summed E-state index contributed by atoms with van der Waals surface area (Å²) in [6.45, 7) is -0.671. The van der Waals surface area contributed by atoms with Crippen molar-refractivity contribution in [3.63, 3.8) is 0 Å². The number of rotatable bonds is 10. The first kappa shape index (κ1) is 29.2. The maximum Gasteiger partial charge on any atom is 0.338 e. The van der Waals surface area contributed by atoms with Crippen molar-refractivity contribution in [3.05, 3.63) is 107 Å². The Balaban J connectivity index is 1.64. The molecule has 0 aromatic heterocycles. The van der Waals surface area contributed by atoms with Gasteiger partial charge in [-0.25, -0.2) is 22.4 Å². The van der Waals surface area contributed by atoms with Crippen molar-refractivity contribution >= 4 is 21.9 Å². The van der Waals surface area contributed by atoms with Crippen LogP contribution in [0.5, 0.6) is 0 Å². The van der Waals surface area contributed by atoms with Crippen LogP contribution in [0.25, 0.3) is 0 Å². The Morgan fingerprint density at radius 1 is 0.821 bits per heavy atom. The highest BCUT2D eigenvalue weighted by Gasteiger charge is 2.49. The number of hydrogen-bond donors (Lipinski definition) is 0. The van der Waals surface area contributed by atoms with Gasteiger partial charge in [-0.05, 0) is 24.3 Å². The summed E-state index contributed by atoms with van der Waals surface area (Å²) in [5, 5.41) is 0.198. The second kappa shape index (κ2) is 13.5. The lowest BCUT2D eigenvalue weighted by molar-refractivity contribution is -0.305. The highest BCUT2D eigenvalue weighted by molar-refractivity contribution is 9.09. The van der Waals surface area contributed by atoms with Crippen molar-refractivity contribution in [2.75, 3.05) is 12.4 Å². The van der Waals surface area contributed by atoms with Crippen molar-refractivity contribution in [1.29, 1.82) is 0 Å². The molecular weight excluding hydrogens is 588 g/mol. The molecule has 11 heteroatoms. The van der Waals surface area contributed by atoms with E-state index in [9.17, 15) is 22.4 Å². The van der Waals surface area contributed by atoms with Gasteiger partial charge >= 0.3 is 5.97 Å². The van der Waals surface area contributed by atoms with Crippen LogP contribution in [-0.2, 0) is 36.9 Å². The van der Waals surface area contributed by atoms with Crippen LogP contribution >= 0.6 is 15.9 Å². The van der Waals surface area contributed by atoms with Gasteiger partial charge in [0.25, 0.3) is 0 Å². The molecule has 0 unspecified atom stereocenters. The van der Waals surface area contributed by atoms with Gasteiger partial charge < -0.3 is 23.7 Å². The number of halogens is 5. The Hall–Kier alpha value is -2.83. The molecule has 1 aliphatic heterocycles. The summed E-state index contributed by atoms with van der Waals surface area (Å²) >= 11 is 3.35. The van der Waals surface area contributed by atoms with Gasteiger partial charge in [-0.3, -0.25) is 0 Å². The molecule has 1 aliphatic rings. The number of benzene rings is 3. The van der Waals surface area contributed by atoms with Crippen LogP contribution in [0.3, 0.4) is 0 Å². The van der Waals surface area contributed by atoms with Gasteiger partial charge in [0.15, 0.2) is 12.4 Å². The second-order valence-electron chi connectivity index (χ2n) is 8.69. The van der Waals surface area contributed by atoms with Crippen LogP contribution in [0.15, 0.2) is 66.7 Å². The van der Waals surface area contributed by atoms with E-state index in [1.807, 2.05) is 0 Å². The van der Waals surface area contributed by atoms with E-state index < -0.39 is 59.9 Å². The predicted molar refractivity (Wildman–Crippen MR) is 135 cm³/mol. The Morgan fingerprint density at radius 3 is 1.90 bits per heavy atom. The topological polar surface area (TPSA) is 63.2 Å². The molecule has 6 nitrogen and oxygen atoms in total. The van der Waals surface area contributed by atoms with E-state index >= 15 is 0 Å². The van der Waals surface area contributed by atoms with E-state index in [0.717, 1.165) is 24.3 Å². The number of hydrogen-bond acceptors (Lipinski definition) is 6. The van der Waals surface area contributed by atoms with Gasteiger partial charge in [0.1, 0.15) is 41.6 Å². The molecule has 3 aromatic rings. The van der Waals surface area contributed by atoms with Gasteiger partial charge in [0.2, 0.25) is 0 Å². The van der Waals surface area contributed by atoms with Gasteiger partial charge in [0.05, 0.1) is 18.8 Å². The van der Waals surface area contributed by atoms with Crippen molar-refractivity contribution in [3.8, 4) is 0 Å². The number of alkyl halides is 1. The monoisotopic (exact) mass is 612 g/mol. The molecule has 39 heavy (non-hydrogen) atoms. The van der Waals surface area contributed by atoms with Gasteiger partial charge in [-0.15, -0.1) is 0 Å². The number of ether oxygens (including phenoxy) is 5. The first-order chi connectivity index (χ1) is 18.8. The van der Waals surface area contributed by atoms with Crippen LogP contribution in [0.2, 0.25) is 0 Å². The summed E-state index contributed by atoms with van der Waals surface area (Å²) in [5.74, 6) is -3.82. The summed E-state index contributed by atoms with van der Waals surface area (Å²) in [5.41, 5.74) is 0.368. The lowest BCUT2D eigenvalue weighted by Gasteiger charge is -2.44. The fraction of sp³-hybridized carbons (Fsp3) is 0.321. The molecule has 4 rings (SSSR count). The zero-order valence-electron chi connectivity index (χ0n) is 20.7. The molecule has 0 N–H and O–H groups in total. The lowest BCUT2D eigenvalue weighted by Crippen LogP contribution is -2.61. The van der Waals surface area contributed by atoms with E-state index in [2.05, 4.69) is 15.9 Å². The average molecular weight is 613 g/mol. The maximum absolute atomic E-state index is 14.4. The minimum atomic E-state index is -1.10. The fourth-order valence-corrected chi connectivity index (χ4v) is 4.64. The summed E-state index contributed by atoms with van der Waals surface area (Å²) in [6, 6.07) is 14.3. The molecule has 0 aliphatic carbocycles. The van der Waals surface area contributed by atoms with E-state index in [-0.39, 0.29) is 35.2 Å². The quantitative estimate of drug-likeness (QED) is 0.166. The third-order valence-corrected chi connectivity index (χ3v) is 6.76. The van der Waals surface area contributed by atoms with Crippen molar-refractivity contribution in [1.82, 2.24) is 0 Å². The van der Waals surface area contributed by atoms with Crippen LogP contribution in [0.1, 0.15) is 21.5 Å². The molecule has 1 saturated heterocycles. The standard InChI is InChI=1S/C28H25BrF4O6/c1-35-28-26(37-15-18-8-10-20(31)12-22(18)33)25(36-14-17-7-9-19(30)11-21(17)32)24(23(13-29)38-28)39-27(34)16-5-3-2-4-6-16/h2-12,23-26,28H,13-15H2,1H3/t23-,24-,25+,26-,28+/m1/s1. The molecule has 0 amide bonds. The highest BCUT2D eigenvalue weighted by Crippen LogP contribution is 2.32. The Morgan fingerprint density at radius 2 is 1.38 bits per heavy atom. The molecular formula is C28H25BrF4O6. The number of carbonyl (C=O) groups excluding carboxylic acids is 1. The van der Waals surface area contributed by atoms with E-state index in [0.29, 0.717) is 0 Å². The molecule has 5 atom stereocenters. The molecule has 208 valence electrons. The molecule has 1 fully saturated rings. The first-order valence-corrected chi connectivity index (χ1v) is 13.0. The van der Waals surface area contributed by atoms with Crippen LogP contribution in [0.4, 0.5) is 17.6 Å². The zero-order valence-corrected chi connectivity index (χ0v) is 22.3. The minimum absolute atomic E-state index is 0.0451. The summed E-state index contributed by atoms with van der Waals surface area (Å²) in [4.78, 5) is 13.0. The Labute approximate surface area is 230 Å². The van der Waals surface area contributed by atoms with E-state index in [1.165, 1.54) is 19.2 Å². The second-order valence-corrected chi connectivity index (χ2v) is 9.34. The largest absolute Gasteiger partial charge is 0.453 e. The average Bonchev–Trinajstić information content (AvgIpc) is 2.93. The molecule has 0 bridgehead atoms. The third kappa shape index (κ3) is 7.23. The van der Waals surface area contributed by atoms with Gasteiger partial charge in [0, 0.05) is 35.7 Å². The van der Waals surface area contributed by atoms with Crippen LogP contribution in [-0.4, -0.2) is 49.1 Å².